The second-order valence-corrected chi connectivity index (χ2v) is 6.16. The van der Waals surface area contributed by atoms with Gasteiger partial charge in [0.2, 0.25) is 17.8 Å². The quantitative estimate of drug-likeness (QED) is 0.907. The average Bonchev–Trinajstić information content (AvgIpc) is 2.38. The van der Waals surface area contributed by atoms with E-state index in [1.165, 1.54) is 12.8 Å². The van der Waals surface area contributed by atoms with Crippen molar-refractivity contribution in [2.45, 2.75) is 40.5 Å². The molecule has 0 spiro atoms. The first-order valence-corrected chi connectivity index (χ1v) is 7.46. The highest BCUT2D eigenvalue weighted by Gasteiger charge is 2.28. The van der Waals surface area contributed by atoms with Crippen LogP contribution in [0.5, 0.6) is 0 Å². The van der Waals surface area contributed by atoms with Crippen LogP contribution in [-0.4, -0.2) is 41.1 Å². The summed E-state index contributed by atoms with van der Waals surface area (Å²) in [5.41, 5.74) is 6.17. The van der Waals surface area contributed by atoms with Crippen molar-refractivity contribution in [3.8, 4) is 0 Å². The van der Waals surface area contributed by atoms with E-state index < -0.39 is 0 Å². The highest BCUT2D eigenvalue weighted by molar-refractivity contribution is 5.43. The Morgan fingerprint density at radius 2 is 1.90 bits per heavy atom. The number of piperidine rings is 1. The van der Waals surface area contributed by atoms with Gasteiger partial charge in [-0.1, -0.05) is 13.8 Å². The molecule has 1 aliphatic rings. The summed E-state index contributed by atoms with van der Waals surface area (Å²) in [4.78, 5) is 17.5. The Kier molecular flexibility index (Phi) is 4.30. The van der Waals surface area contributed by atoms with Gasteiger partial charge in [-0.15, -0.1) is 0 Å². The second-order valence-electron chi connectivity index (χ2n) is 6.16. The van der Waals surface area contributed by atoms with E-state index in [9.17, 15) is 0 Å². The molecular weight excluding hydrogens is 252 g/mol. The SMILES string of the molecule is CCN(CC)c1nc(N)nc(N2CCCC(C)(C)C2)n1. The van der Waals surface area contributed by atoms with Crippen molar-refractivity contribution in [1.82, 2.24) is 15.0 Å². The number of nitrogens with two attached hydrogens (primary N) is 1. The van der Waals surface area contributed by atoms with Crippen LogP contribution in [0.2, 0.25) is 0 Å². The summed E-state index contributed by atoms with van der Waals surface area (Å²) >= 11 is 0. The third-order valence-corrected chi connectivity index (χ3v) is 3.86. The lowest BCUT2D eigenvalue weighted by atomic mass is 9.84. The van der Waals surface area contributed by atoms with Gasteiger partial charge in [0.05, 0.1) is 0 Å². The zero-order valence-corrected chi connectivity index (χ0v) is 13.1. The Morgan fingerprint density at radius 3 is 2.50 bits per heavy atom. The third kappa shape index (κ3) is 3.29. The molecule has 0 unspecified atom stereocenters. The molecule has 1 aliphatic heterocycles. The highest BCUT2D eigenvalue weighted by Crippen LogP contribution is 2.30. The van der Waals surface area contributed by atoms with Crippen LogP contribution in [0.1, 0.15) is 40.5 Å². The van der Waals surface area contributed by atoms with E-state index in [0.29, 0.717) is 23.3 Å². The predicted octanol–water partition coefficient (Wildman–Crippen LogP) is 1.93. The minimum Gasteiger partial charge on any atom is -0.368 e. The minimum atomic E-state index is 0.301. The molecule has 2 N–H and O–H groups in total. The zero-order valence-electron chi connectivity index (χ0n) is 13.1. The van der Waals surface area contributed by atoms with Gasteiger partial charge in [0.25, 0.3) is 0 Å². The molecule has 0 amide bonds. The van der Waals surface area contributed by atoms with Gasteiger partial charge in [0, 0.05) is 26.2 Å². The summed E-state index contributed by atoms with van der Waals surface area (Å²) in [6.07, 6.45) is 2.41. The third-order valence-electron chi connectivity index (χ3n) is 3.86. The molecule has 0 saturated carbocycles. The van der Waals surface area contributed by atoms with Crippen molar-refractivity contribution in [3.05, 3.63) is 0 Å². The van der Waals surface area contributed by atoms with Crippen LogP contribution in [0.25, 0.3) is 0 Å². The summed E-state index contributed by atoms with van der Waals surface area (Å²) in [5.74, 6) is 1.70. The van der Waals surface area contributed by atoms with Gasteiger partial charge in [-0.3, -0.25) is 0 Å². The van der Waals surface area contributed by atoms with Crippen molar-refractivity contribution in [3.63, 3.8) is 0 Å². The molecule has 6 nitrogen and oxygen atoms in total. The zero-order chi connectivity index (χ0) is 14.8. The van der Waals surface area contributed by atoms with Crippen molar-refractivity contribution in [2.75, 3.05) is 41.7 Å². The van der Waals surface area contributed by atoms with E-state index in [4.69, 9.17) is 5.73 Å². The van der Waals surface area contributed by atoms with Crippen LogP contribution < -0.4 is 15.5 Å². The van der Waals surface area contributed by atoms with E-state index in [-0.39, 0.29) is 0 Å². The lowest BCUT2D eigenvalue weighted by Gasteiger charge is -2.38. The smallest absolute Gasteiger partial charge is 0.231 e. The highest BCUT2D eigenvalue weighted by atomic mass is 15.4. The molecule has 0 atom stereocenters. The van der Waals surface area contributed by atoms with Crippen LogP contribution in [0.3, 0.4) is 0 Å². The normalized spacial score (nSPS) is 18.1. The van der Waals surface area contributed by atoms with E-state index in [1.54, 1.807) is 0 Å². The molecule has 112 valence electrons. The van der Waals surface area contributed by atoms with Gasteiger partial charge < -0.3 is 15.5 Å². The largest absolute Gasteiger partial charge is 0.368 e. The minimum absolute atomic E-state index is 0.301. The van der Waals surface area contributed by atoms with Crippen LogP contribution >= 0.6 is 0 Å². The van der Waals surface area contributed by atoms with Crippen molar-refractivity contribution in [1.29, 1.82) is 0 Å². The van der Waals surface area contributed by atoms with Gasteiger partial charge in [0.15, 0.2) is 0 Å². The van der Waals surface area contributed by atoms with Gasteiger partial charge in [-0.2, -0.15) is 15.0 Å². The Hall–Kier alpha value is -1.59. The fourth-order valence-electron chi connectivity index (χ4n) is 2.75. The number of nitrogen functional groups attached to an aromatic ring is 1. The molecule has 20 heavy (non-hydrogen) atoms. The fourth-order valence-corrected chi connectivity index (χ4v) is 2.75. The molecule has 1 aromatic rings. The molecule has 6 heteroatoms. The lowest BCUT2D eigenvalue weighted by molar-refractivity contribution is 0.291. The Labute approximate surface area is 121 Å². The van der Waals surface area contributed by atoms with Gasteiger partial charge >= 0.3 is 0 Å². The maximum absolute atomic E-state index is 5.87. The second kappa shape index (κ2) is 5.81. The topological polar surface area (TPSA) is 71.2 Å². The van der Waals surface area contributed by atoms with Crippen LogP contribution in [0.4, 0.5) is 17.8 Å². The molecule has 0 aromatic carbocycles. The summed E-state index contributed by atoms with van der Waals surface area (Å²) in [7, 11) is 0. The number of rotatable bonds is 4. The van der Waals surface area contributed by atoms with Gasteiger partial charge in [-0.25, -0.2) is 0 Å². The number of hydrogen-bond acceptors (Lipinski definition) is 6. The van der Waals surface area contributed by atoms with Crippen molar-refractivity contribution < 1.29 is 0 Å². The molecule has 2 heterocycles. The first-order chi connectivity index (χ1) is 9.45. The number of hydrogen-bond donors (Lipinski definition) is 1. The number of aromatic nitrogens is 3. The summed E-state index contributed by atoms with van der Waals surface area (Å²) in [6, 6.07) is 0. The predicted molar refractivity (Wildman–Crippen MR) is 83.0 cm³/mol. The molecule has 1 aromatic heterocycles. The lowest BCUT2D eigenvalue weighted by Crippen LogP contribution is -2.41. The molecule has 1 fully saturated rings. The number of anilines is 3. The Bertz CT molecular complexity index is 455. The first kappa shape index (κ1) is 14.8. The van der Waals surface area contributed by atoms with E-state index in [1.807, 2.05) is 0 Å². The summed E-state index contributed by atoms with van der Waals surface area (Å²) < 4.78 is 0. The maximum Gasteiger partial charge on any atom is 0.231 e. The standard InChI is InChI=1S/C14H26N6/c1-5-19(6-2)12-16-11(15)17-13(18-12)20-9-7-8-14(3,4)10-20/h5-10H2,1-4H3,(H2,15,16,17,18). The molecule has 0 aliphatic carbocycles. The van der Waals surface area contributed by atoms with Crippen LogP contribution in [0.15, 0.2) is 0 Å². The molecular formula is C14H26N6. The maximum atomic E-state index is 5.87. The molecule has 2 rings (SSSR count). The average molecular weight is 278 g/mol. The molecule has 0 radical (unpaired) electrons. The van der Waals surface area contributed by atoms with Crippen molar-refractivity contribution >= 4 is 17.8 Å². The van der Waals surface area contributed by atoms with Gasteiger partial charge in [-0.05, 0) is 32.1 Å². The fraction of sp³-hybridized carbons (Fsp3) is 0.786. The van der Waals surface area contributed by atoms with E-state index >= 15 is 0 Å². The van der Waals surface area contributed by atoms with Crippen molar-refractivity contribution in [2.24, 2.45) is 5.41 Å². The van der Waals surface area contributed by atoms with E-state index in [0.717, 1.165) is 26.2 Å². The monoisotopic (exact) mass is 278 g/mol. The first-order valence-electron chi connectivity index (χ1n) is 7.46. The van der Waals surface area contributed by atoms with Crippen LogP contribution in [0, 0.1) is 5.41 Å². The number of nitrogens with zero attached hydrogens (tertiary/aromatic N) is 5. The Morgan fingerprint density at radius 1 is 1.20 bits per heavy atom. The van der Waals surface area contributed by atoms with E-state index in [2.05, 4.69) is 52.4 Å². The Balaban J connectivity index is 2.27. The van der Waals surface area contributed by atoms with Gasteiger partial charge in [0.1, 0.15) is 0 Å². The summed E-state index contributed by atoms with van der Waals surface area (Å²) in [5, 5.41) is 0. The molecule has 0 bridgehead atoms. The molecule has 1 saturated heterocycles. The summed E-state index contributed by atoms with van der Waals surface area (Å²) in [6.45, 7) is 12.4. The van der Waals surface area contributed by atoms with Crippen LogP contribution in [-0.2, 0) is 0 Å².